The molecule has 4 rings (SSSR count). The van der Waals surface area contributed by atoms with Gasteiger partial charge in [-0.2, -0.15) is 5.10 Å². The van der Waals surface area contributed by atoms with Gasteiger partial charge in [0, 0.05) is 44.9 Å². The van der Waals surface area contributed by atoms with Gasteiger partial charge in [0.25, 0.3) is 0 Å². The van der Waals surface area contributed by atoms with Gasteiger partial charge in [0.2, 0.25) is 5.91 Å². The van der Waals surface area contributed by atoms with Gasteiger partial charge < -0.3 is 14.7 Å². The summed E-state index contributed by atoms with van der Waals surface area (Å²) in [7, 11) is 0. The maximum atomic E-state index is 12.1. The molecule has 0 aliphatic carbocycles. The number of aromatic nitrogens is 2. The topological polar surface area (TPSA) is 91.1 Å². The van der Waals surface area contributed by atoms with Gasteiger partial charge in [0.1, 0.15) is 0 Å². The fourth-order valence-electron chi connectivity index (χ4n) is 4.17. The van der Waals surface area contributed by atoms with E-state index in [4.69, 9.17) is 4.74 Å². The van der Waals surface area contributed by atoms with Crippen molar-refractivity contribution in [2.45, 2.75) is 26.4 Å². The minimum absolute atomic E-state index is 0.0996. The number of rotatable bonds is 4. The molecule has 2 aliphatic rings. The van der Waals surface area contributed by atoms with Crippen LogP contribution in [0.4, 0.5) is 16.2 Å². The van der Waals surface area contributed by atoms with Crippen molar-refractivity contribution in [2.24, 2.45) is 0 Å². The van der Waals surface area contributed by atoms with Crippen LogP contribution in [0.25, 0.3) is 11.1 Å². The Morgan fingerprint density at radius 1 is 1.17 bits per heavy atom. The highest BCUT2D eigenvalue weighted by molar-refractivity contribution is 6.02. The summed E-state index contributed by atoms with van der Waals surface area (Å²) < 4.78 is 7.29. The maximum Gasteiger partial charge on any atom is 0.411 e. The van der Waals surface area contributed by atoms with Crippen molar-refractivity contribution in [2.75, 3.05) is 49.2 Å². The fourth-order valence-corrected chi connectivity index (χ4v) is 4.17. The number of carboxylic acid groups (broad SMARTS) is 1. The minimum atomic E-state index is -1.02. The second kappa shape index (κ2) is 8.45. The number of hydrogen-bond acceptors (Lipinski definition) is 5. The Kier molecular flexibility index (Phi) is 5.74. The van der Waals surface area contributed by atoms with Crippen molar-refractivity contribution < 1.29 is 19.4 Å². The average molecular weight is 413 g/mol. The number of amides is 2. The van der Waals surface area contributed by atoms with Crippen LogP contribution in [0, 0.1) is 0 Å². The van der Waals surface area contributed by atoms with E-state index < -0.39 is 6.09 Å². The first-order valence-corrected chi connectivity index (χ1v) is 10.2. The molecule has 0 bridgehead atoms. The molecule has 2 amide bonds. The fraction of sp³-hybridized carbons (Fsp3) is 0.476. The molecule has 0 saturated carbocycles. The van der Waals surface area contributed by atoms with Gasteiger partial charge in [0.05, 0.1) is 43.4 Å². The highest BCUT2D eigenvalue weighted by atomic mass is 16.5. The molecule has 9 heteroatoms. The Balaban J connectivity index is 1.57. The van der Waals surface area contributed by atoms with Crippen LogP contribution < -0.4 is 9.80 Å². The summed E-state index contributed by atoms with van der Waals surface area (Å²) in [5, 5.41) is 14.1. The lowest BCUT2D eigenvalue weighted by molar-refractivity contribution is -0.117. The zero-order chi connectivity index (χ0) is 21.3. The van der Waals surface area contributed by atoms with Crippen LogP contribution >= 0.6 is 0 Å². The molecule has 1 fully saturated rings. The lowest BCUT2D eigenvalue weighted by Crippen LogP contribution is -2.51. The van der Waals surface area contributed by atoms with Crippen molar-refractivity contribution in [1.82, 2.24) is 14.7 Å². The second-order valence-corrected chi connectivity index (χ2v) is 7.78. The molecular formula is C21H27N5O4. The molecule has 1 aromatic carbocycles. The highest BCUT2D eigenvalue weighted by Crippen LogP contribution is 2.38. The molecule has 1 N–H and O–H groups in total. The maximum absolute atomic E-state index is 12.1. The van der Waals surface area contributed by atoms with Crippen LogP contribution in [-0.4, -0.2) is 77.2 Å². The van der Waals surface area contributed by atoms with Crippen molar-refractivity contribution in [1.29, 1.82) is 0 Å². The first-order chi connectivity index (χ1) is 14.4. The molecular weight excluding hydrogens is 386 g/mol. The quantitative estimate of drug-likeness (QED) is 0.826. The summed E-state index contributed by atoms with van der Waals surface area (Å²) in [6.45, 7) is 8.71. The summed E-state index contributed by atoms with van der Waals surface area (Å²) in [5.41, 5.74) is 2.93. The van der Waals surface area contributed by atoms with Crippen LogP contribution in [0.15, 0.2) is 30.6 Å². The Bertz CT molecular complexity index is 937. The monoisotopic (exact) mass is 413 g/mol. The predicted molar refractivity (Wildman–Crippen MR) is 113 cm³/mol. The Labute approximate surface area is 175 Å². The summed E-state index contributed by atoms with van der Waals surface area (Å²) in [4.78, 5) is 29.3. The molecule has 30 heavy (non-hydrogen) atoms. The average Bonchev–Trinajstić information content (AvgIpc) is 3.20. The van der Waals surface area contributed by atoms with Gasteiger partial charge in [0.15, 0.2) is 0 Å². The van der Waals surface area contributed by atoms with Crippen LogP contribution in [0.2, 0.25) is 0 Å². The highest BCUT2D eigenvalue weighted by Gasteiger charge is 2.33. The number of carbonyl (C=O) groups excluding carboxylic acids is 1. The molecule has 0 radical (unpaired) electrons. The standard InChI is InChI=1S/C21H27N5O4/c1-15-13-25(21(28)29)20-11-17(3-4-19(20)26(15)16(2)27)18-12-22-24(14-18)6-5-23-7-9-30-10-8-23/h3-4,11-12,14-15H,5-10,13H2,1-2H3,(H,28,29)/t15-/m0/s1. The van der Waals surface area contributed by atoms with Gasteiger partial charge in [-0.1, -0.05) is 6.07 Å². The first kappa shape index (κ1) is 20.4. The number of carbonyl (C=O) groups is 2. The molecule has 160 valence electrons. The molecule has 9 nitrogen and oxygen atoms in total. The lowest BCUT2D eigenvalue weighted by atomic mass is 10.0. The van der Waals surface area contributed by atoms with Crippen LogP contribution in [0.1, 0.15) is 13.8 Å². The van der Waals surface area contributed by atoms with E-state index in [1.807, 2.05) is 36.0 Å². The van der Waals surface area contributed by atoms with E-state index in [1.165, 1.54) is 11.8 Å². The third-order valence-corrected chi connectivity index (χ3v) is 5.70. The molecule has 2 aromatic rings. The minimum Gasteiger partial charge on any atom is -0.465 e. The number of morpholine rings is 1. The lowest BCUT2D eigenvalue weighted by Gasteiger charge is -2.39. The Morgan fingerprint density at radius 2 is 1.93 bits per heavy atom. The van der Waals surface area contributed by atoms with Gasteiger partial charge >= 0.3 is 6.09 Å². The van der Waals surface area contributed by atoms with Crippen molar-refractivity contribution in [3.05, 3.63) is 30.6 Å². The second-order valence-electron chi connectivity index (χ2n) is 7.78. The molecule has 0 unspecified atom stereocenters. The molecule has 3 heterocycles. The zero-order valence-corrected chi connectivity index (χ0v) is 17.3. The number of anilines is 2. The number of hydrogen-bond donors (Lipinski definition) is 1. The number of nitrogens with zero attached hydrogens (tertiary/aromatic N) is 5. The van der Waals surface area contributed by atoms with E-state index in [1.54, 1.807) is 11.1 Å². The number of fused-ring (bicyclic) bond motifs is 1. The van der Waals surface area contributed by atoms with Gasteiger partial charge in [-0.05, 0) is 24.6 Å². The smallest absolute Gasteiger partial charge is 0.411 e. The third kappa shape index (κ3) is 4.03. The summed E-state index contributed by atoms with van der Waals surface area (Å²) in [5.74, 6) is -0.0996. The van der Waals surface area contributed by atoms with Crippen molar-refractivity contribution >= 4 is 23.4 Å². The van der Waals surface area contributed by atoms with E-state index >= 15 is 0 Å². The SMILES string of the molecule is CC(=O)N1c2ccc(-c3cnn(CCN4CCOCC4)c3)cc2N(C(=O)O)C[C@@H]1C. The summed E-state index contributed by atoms with van der Waals surface area (Å²) in [6, 6.07) is 5.34. The normalized spacial score (nSPS) is 19.6. The molecule has 1 aromatic heterocycles. The van der Waals surface area contributed by atoms with Crippen LogP contribution in [-0.2, 0) is 16.1 Å². The van der Waals surface area contributed by atoms with Crippen LogP contribution in [0.3, 0.4) is 0 Å². The molecule has 2 aliphatic heterocycles. The van der Waals surface area contributed by atoms with Crippen molar-refractivity contribution in [3.8, 4) is 11.1 Å². The zero-order valence-electron chi connectivity index (χ0n) is 17.3. The molecule has 1 saturated heterocycles. The molecule has 0 spiro atoms. The van der Waals surface area contributed by atoms with E-state index in [9.17, 15) is 14.7 Å². The van der Waals surface area contributed by atoms with Gasteiger partial charge in [-0.3, -0.25) is 19.3 Å². The summed E-state index contributed by atoms with van der Waals surface area (Å²) in [6.07, 6.45) is 2.74. The van der Waals surface area contributed by atoms with E-state index in [0.717, 1.165) is 50.5 Å². The predicted octanol–water partition coefficient (Wildman–Crippen LogP) is 2.12. The summed E-state index contributed by atoms with van der Waals surface area (Å²) >= 11 is 0. The van der Waals surface area contributed by atoms with Crippen LogP contribution in [0.5, 0.6) is 0 Å². The van der Waals surface area contributed by atoms with Gasteiger partial charge in [-0.25, -0.2) is 4.79 Å². The Hall–Kier alpha value is -2.91. The number of benzene rings is 1. The largest absolute Gasteiger partial charge is 0.465 e. The first-order valence-electron chi connectivity index (χ1n) is 10.2. The van der Waals surface area contributed by atoms with Gasteiger partial charge in [-0.15, -0.1) is 0 Å². The van der Waals surface area contributed by atoms with E-state index in [2.05, 4.69) is 10.00 Å². The Morgan fingerprint density at radius 3 is 2.63 bits per heavy atom. The molecule has 1 atom stereocenters. The number of ether oxygens (including phenoxy) is 1. The third-order valence-electron chi connectivity index (χ3n) is 5.70. The van der Waals surface area contributed by atoms with E-state index in [0.29, 0.717) is 11.4 Å². The van der Waals surface area contributed by atoms with Crippen molar-refractivity contribution in [3.63, 3.8) is 0 Å². The van der Waals surface area contributed by atoms with E-state index in [-0.39, 0.29) is 18.5 Å².